The summed E-state index contributed by atoms with van der Waals surface area (Å²) in [4.78, 5) is 18.1. The van der Waals surface area contributed by atoms with E-state index in [9.17, 15) is 4.79 Å². The van der Waals surface area contributed by atoms with Gasteiger partial charge in [0, 0.05) is 25.8 Å². The summed E-state index contributed by atoms with van der Waals surface area (Å²) in [7, 11) is 1.73. The van der Waals surface area contributed by atoms with E-state index in [0.29, 0.717) is 18.9 Å². The van der Waals surface area contributed by atoms with Crippen molar-refractivity contribution in [3.63, 3.8) is 0 Å². The molecule has 0 radical (unpaired) electrons. The Morgan fingerprint density at radius 3 is 3.05 bits per heavy atom. The van der Waals surface area contributed by atoms with E-state index in [4.69, 9.17) is 15.5 Å². The lowest BCUT2D eigenvalue weighted by Crippen LogP contribution is -2.27. The van der Waals surface area contributed by atoms with Gasteiger partial charge in [-0.25, -0.2) is 0 Å². The lowest BCUT2D eigenvalue weighted by atomic mass is 10.0. The normalized spacial score (nSPS) is 19.0. The lowest BCUT2D eigenvalue weighted by Gasteiger charge is -2.24. The van der Waals surface area contributed by atoms with Crippen molar-refractivity contribution >= 4 is 5.91 Å². The molecule has 1 saturated heterocycles. The van der Waals surface area contributed by atoms with Crippen LogP contribution >= 0.6 is 0 Å². The monoisotopic (exact) mass is 291 g/mol. The largest absolute Gasteiger partial charge is 0.383 e. The molecule has 2 N–H and O–H groups in total. The van der Waals surface area contributed by atoms with Gasteiger partial charge in [0.25, 0.3) is 0 Å². The number of hydrogen-bond donors (Lipinski definition) is 1. The third-order valence-corrected chi connectivity index (χ3v) is 3.98. The predicted molar refractivity (Wildman–Crippen MR) is 81.9 cm³/mol. The Balaban J connectivity index is 2.12. The summed E-state index contributed by atoms with van der Waals surface area (Å²) in [5.74, 6) is -0.256. The Hall–Kier alpha value is -1.46. The van der Waals surface area contributed by atoms with Crippen LogP contribution in [0.4, 0.5) is 0 Å². The quantitative estimate of drug-likeness (QED) is 0.828. The SMILES string of the molecule is COCCN1CCC[C@H]1c1cc(CCC(N)=O)cc(C)n1. The van der Waals surface area contributed by atoms with Gasteiger partial charge in [-0.05, 0) is 50.4 Å². The maximum atomic E-state index is 11.0. The molecule has 116 valence electrons. The highest BCUT2D eigenvalue weighted by Gasteiger charge is 2.27. The van der Waals surface area contributed by atoms with E-state index in [1.165, 1.54) is 6.42 Å². The second kappa shape index (κ2) is 7.52. The van der Waals surface area contributed by atoms with E-state index in [2.05, 4.69) is 11.0 Å². The van der Waals surface area contributed by atoms with Crippen molar-refractivity contribution in [1.82, 2.24) is 9.88 Å². The molecule has 2 heterocycles. The molecule has 5 nitrogen and oxygen atoms in total. The van der Waals surface area contributed by atoms with Crippen molar-refractivity contribution in [3.8, 4) is 0 Å². The zero-order valence-electron chi connectivity index (χ0n) is 13.0. The number of aromatic nitrogens is 1. The van der Waals surface area contributed by atoms with Crippen molar-refractivity contribution in [2.45, 2.75) is 38.6 Å². The summed E-state index contributed by atoms with van der Waals surface area (Å²) in [6, 6.07) is 4.54. The zero-order chi connectivity index (χ0) is 15.2. The molecule has 0 unspecified atom stereocenters. The van der Waals surface area contributed by atoms with Gasteiger partial charge in [-0.3, -0.25) is 14.7 Å². The molecule has 1 fully saturated rings. The van der Waals surface area contributed by atoms with Crippen LogP contribution in [0.5, 0.6) is 0 Å². The van der Waals surface area contributed by atoms with E-state index in [1.807, 2.05) is 13.0 Å². The molecule has 0 aliphatic carbocycles. The van der Waals surface area contributed by atoms with Gasteiger partial charge in [0.05, 0.1) is 18.3 Å². The van der Waals surface area contributed by atoms with E-state index in [-0.39, 0.29) is 5.91 Å². The van der Waals surface area contributed by atoms with Gasteiger partial charge in [-0.15, -0.1) is 0 Å². The number of hydrogen-bond acceptors (Lipinski definition) is 4. The topological polar surface area (TPSA) is 68.5 Å². The Kier molecular flexibility index (Phi) is 5.70. The van der Waals surface area contributed by atoms with Gasteiger partial charge in [0.2, 0.25) is 5.91 Å². The second-order valence-corrected chi connectivity index (χ2v) is 5.69. The summed E-state index contributed by atoms with van der Waals surface area (Å²) in [6.07, 6.45) is 3.41. The predicted octanol–water partition coefficient (Wildman–Crippen LogP) is 1.59. The Bertz CT molecular complexity index is 490. The molecule has 1 aromatic rings. The van der Waals surface area contributed by atoms with Crippen LogP contribution in [0.25, 0.3) is 0 Å². The highest BCUT2D eigenvalue weighted by atomic mass is 16.5. The van der Waals surface area contributed by atoms with Crippen LogP contribution in [-0.2, 0) is 16.0 Å². The number of primary amides is 1. The van der Waals surface area contributed by atoms with Crippen molar-refractivity contribution in [2.75, 3.05) is 26.8 Å². The number of nitrogens with two attached hydrogens (primary N) is 1. The number of carbonyl (C=O) groups excluding carboxylic acids is 1. The summed E-state index contributed by atoms with van der Waals surface area (Å²) in [5, 5.41) is 0. The van der Waals surface area contributed by atoms with Gasteiger partial charge >= 0.3 is 0 Å². The molecule has 0 aromatic carbocycles. The minimum Gasteiger partial charge on any atom is -0.383 e. The summed E-state index contributed by atoms with van der Waals surface area (Å²) < 4.78 is 5.19. The first kappa shape index (κ1) is 15.9. The summed E-state index contributed by atoms with van der Waals surface area (Å²) in [6.45, 7) is 4.79. The molecule has 5 heteroatoms. The van der Waals surface area contributed by atoms with E-state index < -0.39 is 0 Å². The fraction of sp³-hybridized carbons (Fsp3) is 0.625. The third-order valence-electron chi connectivity index (χ3n) is 3.98. The maximum absolute atomic E-state index is 11.0. The number of aryl methyl sites for hydroxylation is 2. The van der Waals surface area contributed by atoms with Gasteiger partial charge in [0.15, 0.2) is 0 Å². The van der Waals surface area contributed by atoms with Crippen LogP contribution < -0.4 is 5.73 Å². The molecular formula is C16H25N3O2. The molecule has 0 bridgehead atoms. The first-order valence-corrected chi connectivity index (χ1v) is 7.59. The molecule has 2 rings (SSSR count). The van der Waals surface area contributed by atoms with E-state index in [1.54, 1.807) is 7.11 Å². The van der Waals surface area contributed by atoms with Crippen LogP contribution in [0.1, 0.15) is 42.3 Å². The number of methoxy groups -OCH3 is 1. The molecule has 21 heavy (non-hydrogen) atoms. The minimum absolute atomic E-state index is 0.256. The number of ether oxygens (including phenoxy) is 1. The molecule has 0 saturated carbocycles. The molecule has 1 aromatic heterocycles. The molecule has 1 aliphatic heterocycles. The molecule has 1 amide bonds. The first-order valence-electron chi connectivity index (χ1n) is 7.59. The fourth-order valence-corrected chi connectivity index (χ4v) is 2.99. The molecule has 1 aliphatic rings. The van der Waals surface area contributed by atoms with E-state index >= 15 is 0 Å². The number of pyridine rings is 1. The lowest BCUT2D eigenvalue weighted by molar-refractivity contribution is -0.117. The van der Waals surface area contributed by atoms with E-state index in [0.717, 1.165) is 43.1 Å². The average Bonchev–Trinajstić information content (AvgIpc) is 2.90. The van der Waals surface area contributed by atoms with Gasteiger partial charge in [-0.2, -0.15) is 0 Å². The number of likely N-dealkylation sites (tertiary alicyclic amines) is 1. The molecule has 1 atom stereocenters. The summed E-state index contributed by atoms with van der Waals surface area (Å²) in [5.41, 5.74) is 8.51. The number of amides is 1. The standard InChI is InChI=1S/C16H25N3O2/c1-12-10-13(5-6-16(17)20)11-14(18-12)15-4-3-7-19(15)8-9-21-2/h10-11,15H,3-9H2,1-2H3,(H2,17,20)/t15-/m0/s1. The number of carbonyl (C=O) groups is 1. The van der Waals surface area contributed by atoms with Crippen LogP contribution in [0.3, 0.4) is 0 Å². The number of rotatable bonds is 7. The Labute approximate surface area is 126 Å². The van der Waals surface area contributed by atoms with Gasteiger partial charge in [0.1, 0.15) is 0 Å². The van der Waals surface area contributed by atoms with Crippen molar-refractivity contribution in [1.29, 1.82) is 0 Å². The highest BCUT2D eigenvalue weighted by Crippen LogP contribution is 2.31. The van der Waals surface area contributed by atoms with Gasteiger partial charge in [-0.1, -0.05) is 0 Å². The minimum atomic E-state index is -0.256. The van der Waals surface area contributed by atoms with Gasteiger partial charge < -0.3 is 10.5 Å². The summed E-state index contributed by atoms with van der Waals surface area (Å²) >= 11 is 0. The van der Waals surface area contributed by atoms with Crippen molar-refractivity contribution in [3.05, 3.63) is 29.1 Å². The van der Waals surface area contributed by atoms with Crippen molar-refractivity contribution in [2.24, 2.45) is 5.73 Å². The zero-order valence-corrected chi connectivity index (χ0v) is 13.0. The van der Waals surface area contributed by atoms with Crippen LogP contribution in [0.15, 0.2) is 12.1 Å². The first-order chi connectivity index (χ1) is 10.1. The molecular weight excluding hydrogens is 266 g/mol. The number of nitrogens with zero attached hydrogens (tertiary/aromatic N) is 2. The maximum Gasteiger partial charge on any atom is 0.217 e. The Morgan fingerprint density at radius 2 is 2.33 bits per heavy atom. The third kappa shape index (κ3) is 4.51. The second-order valence-electron chi connectivity index (χ2n) is 5.69. The molecule has 0 spiro atoms. The highest BCUT2D eigenvalue weighted by molar-refractivity contribution is 5.74. The van der Waals surface area contributed by atoms with Crippen LogP contribution in [0.2, 0.25) is 0 Å². The smallest absolute Gasteiger partial charge is 0.217 e. The fourth-order valence-electron chi connectivity index (χ4n) is 2.99. The average molecular weight is 291 g/mol. The van der Waals surface area contributed by atoms with Crippen LogP contribution in [0, 0.1) is 6.92 Å². The van der Waals surface area contributed by atoms with Crippen molar-refractivity contribution < 1.29 is 9.53 Å². The van der Waals surface area contributed by atoms with Crippen LogP contribution in [-0.4, -0.2) is 42.6 Å². The Morgan fingerprint density at radius 1 is 1.52 bits per heavy atom.